The van der Waals surface area contributed by atoms with Crippen LogP contribution in [0.1, 0.15) is 16.1 Å². The van der Waals surface area contributed by atoms with E-state index in [0.29, 0.717) is 11.2 Å². The normalized spacial score (nSPS) is 10.2. The van der Waals surface area contributed by atoms with Crippen LogP contribution in [0, 0.1) is 0 Å². The molecule has 0 spiro atoms. The van der Waals surface area contributed by atoms with Crippen molar-refractivity contribution < 1.29 is 14.0 Å². The fourth-order valence-corrected chi connectivity index (χ4v) is 2.06. The second-order valence-corrected chi connectivity index (χ2v) is 5.31. The van der Waals surface area contributed by atoms with E-state index in [9.17, 15) is 9.59 Å². The summed E-state index contributed by atoms with van der Waals surface area (Å²) in [7, 11) is 1.56. The maximum absolute atomic E-state index is 12.0. The number of amides is 2. The second kappa shape index (κ2) is 7.08. The summed E-state index contributed by atoms with van der Waals surface area (Å²) in [5, 5.41) is 2.77. The Kier molecular flexibility index (Phi) is 5.16. The van der Waals surface area contributed by atoms with Crippen LogP contribution in [0.25, 0.3) is 0 Å². The second-order valence-electron chi connectivity index (χ2n) is 4.53. The number of nitrogens with zero attached hydrogens (tertiary/aromatic N) is 1. The van der Waals surface area contributed by atoms with Crippen LogP contribution in [0.3, 0.4) is 0 Å². The van der Waals surface area contributed by atoms with Gasteiger partial charge in [0, 0.05) is 13.6 Å². The Labute approximate surface area is 131 Å². The van der Waals surface area contributed by atoms with Crippen LogP contribution < -0.4 is 5.32 Å². The largest absolute Gasteiger partial charge is 0.444 e. The predicted molar refractivity (Wildman–Crippen MR) is 81.7 cm³/mol. The zero-order chi connectivity index (χ0) is 15.2. The van der Waals surface area contributed by atoms with Gasteiger partial charge < -0.3 is 14.6 Å². The number of carbonyl (C=O) groups excluding carboxylic acids is 2. The van der Waals surface area contributed by atoms with Crippen molar-refractivity contribution in [2.24, 2.45) is 0 Å². The molecule has 0 radical (unpaired) electrons. The predicted octanol–water partition coefficient (Wildman–Crippen LogP) is 2.43. The number of furan rings is 1. The lowest BCUT2D eigenvalue weighted by Crippen LogP contribution is -2.38. The van der Waals surface area contributed by atoms with Crippen molar-refractivity contribution in [1.82, 2.24) is 10.2 Å². The third-order valence-corrected chi connectivity index (χ3v) is 3.27. The number of rotatable bonds is 5. The molecule has 2 rings (SSSR count). The van der Waals surface area contributed by atoms with Crippen molar-refractivity contribution in [2.75, 3.05) is 13.6 Å². The Morgan fingerprint density at radius 2 is 1.90 bits per heavy atom. The molecule has 0 saturated carbocycles. The first-order chi connectivity index (χ1) is 10.1. The Balaban J connectivity index is 1.83. The molecule has 0 unspecified atom stereocenters. The zero-order valence-corrected chi connectivity index (χ0v) is 13.1. The summed E-state index contributed by atoms with van der Waals surface area (Å²) in [6.07, 6.45) is 0. The van der Waals surface area contributed by atoms with Gasteiger partial charge in [-0.3, -0.25) is 9.59 Å². The molecule has 0 atom stereocenters. The summed E-state index contributed by atoms with van der Waals surface area (Å²) in [6.45, 7) is 0.415. The molecule has 1 aromatic carbocycles. The molecular formula is C15H15BrN2O3. The molecule has 5 nitrogen and oxygen atoms in total. The number of hydrogen-bond acceptors (Lipinski definition) is 3. The van der Waals surface area contributed by atoms with Crippen LogP contribution in [0.5, 0.6) is 0 Å². The van der Waals surface area contributed by atoms with Gasteiger partial charge in [-0.2, -0.15) is 0 Å². The summed E-state index contributed by atoms with van der Waals surface area (Å²) in [4.78, 5) is 25.1. The molecular weight excluding hydrogens is 336 g/mol. The van der Waals surface area contributed by atoms with E-state index in [1.807, 2.05) is 30.3 Å². The minimum Gasteiger partial charge on any atom is -0.444 e. The highest BCUT2D eigenvalue weighted by Gasteiger charge is 2.17. The van der Waals surface area contributed by atoms with Gasteiger partial charge in [-0.1, -0.05) is 30.3 Å². The minimum atomic E-state index is -0.337. The lowest BCUT2D eigenvalue weighted by molar-refractivity contribution is -0.121. The van der Waals surface area contributed by atoms with E-state index in [-0.39, 0.29) is 24.1 Å². The highest BCUT2D eigenvalue weighted by atomic mass is 79.9. The van der Waals surface area contributed by atoms with Crippen molar-refractivity contribution in [3.8, 4) is 0 Å². The summed E-state index contributed by atoms with van der Waals surface area (Å²) < 4.78 is 5.65. The maximum Gasteiger partial charge on any atom is 0.289 e. The van der Waals surface area contributed by atoms with Gasteiger partial charge in [0.1, 0.15) is 0 Å². The number of nitrogens with one attached hydrogen (secondary N) is 1. The van der Waals surface area contributed by atoms with Crippen LogP contribution in [0.2, 0.25) is 0 Å². The number of carbonyl (C=O) groups is 2. The van der Waals surface area contributed by atoms with Crippen molar-refractivity contribution in [2.45, 2.75) is 6.54 Å². The summed E-state index contributed by atoms with van der Waals surface area (Å²) in [5.41, 5.74) is 1.01. The Hall–Kier alpha value is -2.08. The van der Waals surface area contributed by atoms with Gasteiger partial charge in [-0.15, -0.1) is 0 Å². The smallest absolute Gasteiger partial charge is 0.289 e. The Bertz CT molecular complexity index is 625. The van der Waals surface area contributed by atoms with Gasteiger partial charge in [0.2, 0.25) is 5.91 Å². The third-order valence-electron chi connectivity index (χ3n) is 2.84. The topological polar surface area (TPSA) is 62.6 Å². The molecule has 0 aliphatic carbocycles. The summed E-state index contributed by atoms with van der Waals surface area (Å²) in [5.74, 6) is -0.365. The van der Waals surface area contributed by atoms with E-state index < -0.39 is 0 Å². The molecule has 0 fully saturated rings. The maximum atomic E-state index is 12.0. The lowest BCUT2D eigenvalue weighted by atomic mass is 10.2. The van der Waals surface area contributed by atoms with Crippen LogP contribution in [0.4, 0.5) is 0 Å². The first-order valence-corrected chi connectivity index (χ1v) is 7.17. The fraction of sp³-hybridized carbons (Fsp3) is 0.200. The van der Waals surface area contributed by atoms with Crippen molar-refractivity contribution >= 4 is 27.7 Å². The van der Waals surface area contributed by atoms with Gasteiger partial charge in [-0.25, -0.2) is 0 Å². The summed E-state index contributed by atoms with van der Waals surface area (Å²) in [6, 6.07) is 12.8. The molecule has 0 bridgehead atoms. The first-order valence-electron chi connectivity index (χ1n) is 6.37. The van der Waals surface area contributed by atoms with Gasteiger partial charge in [0.25, 0.3) is 5.91 Å². The molecule has 21 heavy (non-hydrogen) atoms. The molecule has 1 heterocycles. The van der Waals surface area contributed by atoms with E-state index in [0.717, 1.165) is 5.56 Å². The molecule has 1 N–H and O–H groups in total. The van der Waals surface area contributed by atoms with E-state index in [1.54, 1.807) is 19.2 Å². The highest BCUT2D eigenvalue weighted by Crippen LogP contribution is 2.15. The average Bonchev–Trinajstić information content (AvgIpc) is 2.92. The SMILES string of the molecule is CN(CC(=O)NCc1ccccc1)C(=O)c1ccc(Br)o1. The fourth-order valence-electron chi connectivity index (χ4n) is 1.76. The quantitative estimate of drug-likeness (QED) is 0.900. The van der Waals surface area contributed by atoms with Crippen molar-refractivity contribution in [3.05, 3.63) is 58.5 Å². The van der Waals surface area contributed by atoms with E-state index in [4.69, 9.17) is 4.42 Å². The lowest BCUT2D eigenvalue weighted by Gasteiger charge is -2.15. The monoisotopic (exact) mass is 350 g/mol. The number of hydrogen-bond donors (Lipinski definition) is 1. The van der Waals surface area contributed by atoms with Gasteiger partial charge >= 0.3 is 0 Å². The van der Waals surface area contributed by atoms with Crippen LogP contribution in [-0.4, -0.2) is 30.3 Å². The Morgan fingerprint density at radius 3 is 2.52 bits per heavy atom. The minimum absolute atomic E-state index is 0.0238. The van der Waals surface area contributed by atoms with Gasteiger partial charge in [0.05, 0.1) is 6.54 Å². The molecule has 2 aromatic rings. The van der Waals surface area contributed by atoms with Crippen molar-refractivity contribution in [1.29, 1.82) is 0 Å². The standard InChI is InChI=1S/C15H15BrN2O3/c1-18(15(20)12-7-8-13(16)21-12)10-14(19)17-9-11-5-3-2-4-6-11/h2-8H,9-10H2,1H3,(H,17,19). The first kappa shape index (κ1) is 15.3. The summed E-state index contributed by atoms with van der Waals surface area (Å²) >= 11 is 3.13. The van der Waals surface area contributed by atoms with E-state index in [1.165, 1.54) is 4.90 Å². The van der Waals surface area contributed by atoms with Crippen molar-refractivity contribution in [3.63, 3.8) is 0 Å². The van der Waals surface area contributed by atoms with Gasteiger partial charge in [-0.05, 0) is 33.6 Å². The van der Waals surface area contributed by atoms with Crippen LogP contribution >= 0.6 is 15.9 Å². The van der Waals surface area contributed by atoms with E-state index >= 15 is 0 Å². The highest BCUT2D eigenvalue weighted by molar-refractivity contribution is 9.10. The molecule has 110 valence electrons. The molecule has 2 amide bonds. The van der Waals surface area contributed by atoms with Crippen LogP contribution in [0.15, 0.2) is 51.6 Å². The molecule has 0 saturated heterocycles. The number of benzene rings is 1. The molecule has 1 aromatic heterocycles. The molecule has 6 heteroatoms. The Morgan fingerprint density at radius 1 is 1.19 bits per heavy atom. The number of halogens is 1. The van der Waals surface area contributed by atoms with Gasteiger partial charge in [0.15, 0.2) is 10.4 Å². The number of likely N-dealkylation sites (N-methyl/N-ethyl adjacent to an activating group) is 1. The molecule has 0 aliphatic rings. The zero-order valence-electron chi connectivity index (χ0n) is 11.5. The van der Waals surface area contributed by atoms with E-state index in [2.05, 4.69) is 21.2 Å². The van der Waals surface area contributed by atoms with Crippen LogP contribution in [-0.2, 0) is 11.3 Å². The third kappa shape index (κ3) is 4.46. The average molecular weight is 351 g/mol. The molecule has 0 aliphatic heterocycles.